The number of aromatic nitrogens is 1. The highest BCUT2D eigenvalue weighted by molar-refractivity contribution is 5.99. The SMILES string of the molecule is CCOC(=O)N1CCN(C(=O)c2cncc(C(=O)NC(C)C)c2)CC1. The number of ether oxygens (including phenoxy) is 1. The van der Waals surface area contributed by atoms with Gasteiger partial charge in [-0.3, -0.25) is 14.6 Å². The van der Waals surface area contributed by atoms with Crippen LogP contribution >= 0.6 is 0 Å². The summed E-state index contributed by atoms with van der Waals surface area (Å²) in [4.78, 5) is 43.6. The van der Waals surface area contributed by atoms with E-state index in [1.807, 2.05) is 13.8 Å². The third-order valence-corrected chi connectivity index (χ3v) is 3.76. The van der Waals surface area contributed by atoms with Crippen molar-refractivity contribution in [2.75, 3.05) is 32.8 Å². The van der Waals surface area contributed by atoms with Crippen molar-refractivity contribution in [3.63, 3.8) is 0 Å². The number of piperazine rings is 1. The van der Waals surface area contributed by atoms with E-state index in [-0.39, 0.29) is 23.9 Å². The van der Waals surface area contributed by atoms with Gasteiger partial charge in [0, 0.05) is 44.6 Å². The van der Waals surface area contributed by atoms with Crippen LogP contribution in [0.1, 0.15) is 41.5 Å². The molecule has 1 N–H and O–H groups in total. The predicted molar refractivity (Wildman–Crippen MR) is 91.3 cm³/mol. The molecule has 1 aliphatic heterocycles. The fraction of sp³-hybridized carbons (Fsp3) is 0.529. The van der Waals surface area contributed by atoms with Gasteiger partial charge in [-0.15, -0.1) is 0 Å². The Bertz CT molecular complexity index is 639. The number of hydrogen-bond acceptors (Lipinski definition) is 5. The molecule has 0 saturated carbocycles. The van der Waals surface area contributed by atoms with Crippen molar-refractivity contribution in [3.8, 4) is 0 Å². The smallest absolute Gasteiger partial charge is 0.409 e. The monoisotopic (exact) mass is 348 g/mol. The van der Waals surface area contributed by atoms with Gasteiger partial charge in [0.15, 0.2) is 0 Å². The van der Waals surface area contributed by atoms with Gasteiger partial charge >= 0.3 is 6.09 Å². The summed E-state index contributed by atoms with van der Waals surface area (Å²) in [6.45, 7) is 7.49. The Balaban J connectivity index is 2.00. The third-order valence-electron chi connectivity index (χ3n) is 3.76. The van der Waals surface area contributed by atoms with Crippen LogP contribution in [0, 0.1) is 0 Å². The molecule has 25 heavy (non-hydrogen) atoms. The van der Waals surface area contributed by atoms with Crippen molar-refractivity contribution in [1.82, 2.24) is 20.1 Å². The molecule has 1 fully saturated rings. The van der Waals surface area contributed by atoms with Crippen molar-refractivity contribution in [2.45, 2.75) is 26.8 Å². The first-order valence-corrected chi connectivity index (χ1v) is 8.39. The first kappa shape index (κ1) is 18.7. The minimum absolute atomic E-state index is 0.00260. The molecule has 0 spiro atoms. The van der Waals surface area contributed by atoms with Gasteiger partial charge in [-0.05, 0) is 26.8 Å². The first-order chi connectivity index (χ1) is 11.9. The zero-order valence-corrected chi connectivity index (χ0v) is 14.8. The Labute approximate surface area is 147 Å². The zero-order chi connectivity index (χ0) is 18.4. The Morgan fingerprint density at radius 1 is 1.12 bits per heavy atom. The molecule has 0 atom stereocenters. The van der Waals surface area contributed by atoms with Crippen LogP contribution in [0.4, 0.5) is 4.79 Å². The van der Waals surface area contributed by atoms with Crippen LogP contribution in [-0.4, -0.2) is 71.5 Å². The number of hydrogen-bond donors (Lipinski definition) is 1. The highest BCUT2D eigenvalue weighted by Crippen LogP contribution is 2.11. The third kappa shape index (κ3) is 4.91. The summed E-state index contributed by atoms with van der Waals surface area (Å²) >= 11 is 0. The number of nitrogens with zero attached hydrogens (tertiary/aromatic N) is 3. The fourth-order valence-electron chi connectivity index (χ4n) is 2.52. The average molecular weight is 348 g/mol. The van der Waals surface area contributed by atoms with Crippen LogP contribution in [0.5, 0.6) is 0 Å². The summed E-state index contributed by atoms with van der Waals surface area (Å²) in [5.74, 6) is -0.459. The molecule has 1 aromatic rings. The van der Waals surface area contributed by atoms with Crippen molar-refractivity contribution >= 4 is 17.9 Å². The standard InChI is InChI=1S/C17H24N4O4/c1-4-25-17(24)21-7-5-20(6-8-21)16(23)14-9-13(10-18-11-14)15(22)19-12(2)3/h9-12H,4-8H2,1-3H3,(H,19,22). The molecule has 0 unspecified atom stereocenters. The lowest BCUT2D eigenvalue weighted by molar-refractivity contribution is 0.0570. The number of rotatable bonds is 4. The van der Waals surface area contributed by atoms with Gasteiger partial charge in [0.05, 0.1) is 17.7 Å². The van der Waals surface area contributed by atoms with Crippen LogP contribution in [0.3, 0.4) is 0 Å². The van der Waals surface area contributed by atoms with Crippen LogP contribution in [0.15, 0.2) is 18.5 Å². The van der Waals surface area contributed by atoms with E-state index < -0.39 is 0 Å². The number of carbonyl (C=O) groups excluding carboxylic acids is 3. The lowest BCUT2D eigenvalue weighted by atomic mass is 10.1. The van der Waals surface area contributed by atoms with E-state index in [9.17, 15) is 14.4 Å². The second-order valence-corrected chi connectivity index (χ2v) is 6.07. The quantitative estimate of drug-likeness (QED) is 0.881. The molecular weight excluding hydrogens is 324 g/mol. The van der Waals surface area contributed by atoms with Crippen LogP contribution in [0.25, 0.3) is 0 Å². The van der Waals surface area contributed by atoms with E-state index in [2.05, 4.69) is 10.3 Å². The topological polar surface area (TPSA) is 91.8 Å². The van der Waals surface area contributed by atoms with E-state index in [0.29, 0.717) is 43.9 Å². The first-order valence-electron chi connectivity index (χ1n) is 8.39. The Morgan fingerprint density at radius 3 is 2.32 bits per heavy atom. The molecule has 0 aromatic carbocycles. The Hall–Kier alpha value is -2.64. The van der Waals surface area contributed by atoms with Crippen molar-refractivity contribution in [2.24, 2.45) is 0 Å². The van der Waals surface area contributed by atoms with Gasteiger partial charge in [-0.1, -0.05) is 0 Å². The number of pyridine rings is 1. The highest BCUT2D eigenvalue weighted by atomic mass is 16.6. The van der Waals surface area contributed by atoms with E-state index in [1.165, 1.54) is 12.4 Å². The van der Waals surface area contributed by atoms with Gasteiger partial charge in [0.1, 0.15) is 0 Å². The maximum atomic E-state index is 12.6. The maximum absolute atomic E-state index is 12.6. The largest absolute Gasteiger partial charge is 0.450 e. The highest BCUT2D eigenvalue weighted by Gasteiger charge is 2.26. The summed E-state index contributed by atoms with van der Waals surface area (Å²) in [5, 5.41) is 2.77. The van der Waals surface area contributed by atoms with E-state index >= 15 is 0 Å². The lowest BCUT2D eigenvalue weighted by Gasteiger charge is -2.34. The van der Waals surface area contributed by atoms with Gasteiger partial charge in [0.25, 0.3) is 11.8 Å². The number of amides is 3. The fourth-order valence-corrected chi connectivity index (χ4v) is 2.52. The molecule has 2 heterocycles. The molecule has 1 aliphatic rings. The number of carbonyl (C=O) groups is 3. The van der Waals surface area contributed by atoms with Gasteiger partial charge < -0.3 is 19.9 Å². The summed E-state index contributed by atoms with van der Waals surface area (Å²) in [6.07, 6.45) is 2.53. The molecule has 8 nitrogen and oxygen atoms in total. The zero-order valence-electron chi connectivity index (χ0n) is 14.8. The maximum Gasteiger partial charge on any atom is 0.409 e. The molecular formula is C17H24N4O4. The van der Waals surface area contributed by atoms with Gasteiger partial charge in [-0.2, -0.15) is 0 Å². The molecule has 1 saturated heterocycles. The van der Waals surface area contributed by atoms with Crippen molar-refractivity contribution in [1.29, 1.82) is 0 Å². The van der Waals surface area contributed by atoms with Crippen molar-refractivity contribution in [3.05, 3.63) is 29.6 Å². The molecule has 0 bridgehead atoms. The minimum atomic E-state index is -0.358. The minimum Gasteiger partial charge on any atom is -0.450 e. The number of nitrogens with one attached hydrogen (secondary N) is 1. The van der Waals surface area contributed by atoms with Crippen LogP contribution < -0.4 is 5.32 Å². The Kier molecular flexibility index (Phi) is 6.32. The molecule has 0 aliphatic carbocycles. The van der Waals surface area contributed by atoms with Crippen LogP contribution in [0.2, 0.25) is 0 Å². The normalized spacial score (nSPS) is 14.4. The Morgan fingerprint density at radius 2 is 1.72 bits per heavy atom. The molecule has 136 valence electrons. The van der Waals surface area contributed by atoms with Gasteiger partial charge in [-0.25, -0.2) is 4.79 Å². The van der Waals surface area contributed by atoms with E-state index in [0.717, 1.165) is 0 Å². The summed E-state index contributed by atoms with van der Waals surface area (Å²) < 4.78 is 4.96. The molecule has 2 rings (SSSR count). The lowest BCUT2D eigenvalue weighted by Crippen LogP contribution is -2.50. The summed E-state index contributed by atoms with van der Waals surface area (Å²) in [7, 11) is 0. The second-order valence-electron chi connectivity index (χ2n) is 6.07. The molecule has 1 aromatic heterocycles. The molecule has 8 heteroatoms. The summed E-state index contributed by atoms with van der Waals surface area (Å²) in [6, 6.07) is 1.55. The van der Waals surface area contributed by atoms with E-state index in [1.54, 1.807) is 22.8 Å². The molecule has 0 radical (unpaired) electrons. The van der Waals surface area contributed by atoms with E-state index in [4.69, 9.17) is 4.74 Å². The summed E-state index contributed by atoms with van der Waals surface area (Å²) in [5.41, 5.74) is 0.714. The van der Waals surface area contributed by atoms with Crippen molar-refractivity contribution < 1.29 is 19.1 Å². The average Bonchev–Trinajstić information content (AvgIpc) is 2.61. The van der Waals surface area contributed by atoms with Crippen LogP contribution in [-0.2, 0) is 4.74 Å². The predicted octanol–water partition coefficient (Wildman–Crippen LogP) is 1.13. The van der Waals surface area contributed by atoms with Gasteiger partial charge in [0.2, 0.25) is 0 Å². The molecule has 3 amide bonds. The second kappa shape index (κ2) is 8.46.